The molecule has 0 aliphatic rings. The van der Waals surface area contributed by atoms with Gasteiger partial charge >= 0.3 is 0 Å². The molecule has 0 amide bonds. The van der Waals surface area contributed by atoms with Crippen molar-refractivity contribution in [1.82, 2.24) is 5.32 Å². The zero-order chi connectivity index (χ0) is 12.3. The fourth-order valence-corrected chi connectivity index (χ4v) is 2.55. The molecule has 0 bridgehead atoms. The van der Waals surface area contributed by atoms with Gasteiger partial charge in [-0.3, -0.25) is 0 Å². The normalized spacial score (nSPS) is 10.4. The summed E-state index contributed by atoms with van der Waals surface area (Å²) in [6.45, 7) is 4.24. The molecular weight excluding hydrogens is 228 g/mol. The molecule has 94 valence electrons. The van der Waals surface area contributed by atoms with Gasteiger partial charge in [-0.25, -0.2) is 0 Å². The van der Waals surface area contributed by atoms with Crippen LogP contribution >= 0.6 is 11.3 Å². The van der Waals surface area contributed by atoms with Crippen LogP contribution < -0.4 is 5.32 Å². The van der Waals surface area contributed by atoms with Crippen LogP contribution in [0.4, 0.5) is 0 Å². The number of hydrogen-bond donors (Lipinski definition) is 1. The zero-order valence-electron chi connectivity index (χ0n) is 10.7. The van der Waals surface area contributed by atoms with E-state index in [1.54, 1.807) is 11.3 Å². The van der Waals surface area contributed by atoms with Crippen LogP contribution in [0.15, 0.2) is 11.4 Å². The van der Waals surface area contributed by atoms with Crippen molar-refractivity contribution >= 4 is 11.3 Å². The van der Waals surface area contributed by atoms with Crippen LogP contribution in [-0.4, -0.2) is 6.54 Å². The summed E-state index contributed by atoms with van der Waals surface area (Å²) in [5.74, 6) is 0. The van der Waals surface area contributed by atoms with Crippen molar-refractivity contribution in [3.05, 3.63) is 21.9 Å². The third-order valence-corrected chi connectivity index (χ3v) is 3.73. The summed E-state index contributed by atoms with van der Waals surface area (Å²) in [5.41, 5.74) is 0.784. The average Bonchev–Trinajstić information content (AvgIpc) is 2.80. The lowest BCUT2D eigenvalue weighted by molar-refractivity contribution is 0.573. The molecule has 0 saturated heterocycles. The highest BCUT2D eigenvalue weighted by molar-refractivity contribution is 7.10. The Morgan fingerprint density at radius 1 is 1.24 bits per heavy atom. The number of nitrogens with zero attached hydrogens (tertiary/aromatic N) is 1. The van der Waals surface area contributed by atoms with Crippen molar-refractivity contribution in [2.45, 2.75) is 52.0 Å². The topological polar surface area (TPSA) is 35.8 Å². The Kier molecular flexibility index (Phi) is 7.70. The average molecular weight is 250 g/mol. The van der Waals surface area contributed by atoms with Crippen molar-refractivity contribution < 1.29 is 0 Å². The molecule has 0 radical (unpaired) electrons. The minimum Gasteiger partial charge on any atom is -0.312 e. The Morgan fingerprint density at radius 3 is 2.71 bits per heavy atom. The van der Waals surface area contributed by atoms with Crippen molar-refractivity contribution in [3.8, 4) is 6.07 Å². The molecule has 0 spiro atoms. The first-order valence-corrected chi connectivity index (χ1v) is 7.43. The first-order chi connectivity index (χ1) is 8.36. The third-order valence-electron chi connectivity index (χ3n) is 2.79. The van der Waals surface area contributed by atoms with E-state index in [0.717, 1.165) is 18.7 Å². The Hall–Kier alpha value is -0.850. The maximum Gasteiger partial charge on any atom is 0.100 e. The van der Waals surface area contributed by atoms with Crippen LogP contribution in [-0.2, 0) is 6.54 Å². The largest absolute Gasteiger partial charge is 0.312 e. The van der Waals surface area contributed by atoms with Gasteiger partial charge in [0.1, 0.15) is 6.07 Å². The fourth-order valence-electron chi connectivity index (χ4n) is 1.77. The summed E-state index contributed by atoms with van der Waals surface area (Å²) in [7, 11) is 0. The Labute approximate surface area is 109 Å². The van der Waals surface area contributed by atoms with Gasteiger partial charge in [0.2, 0.25) is 0 Å². The van der Waals surface area contributed by atoms with Gasteiger partial charge in [0.15, 0.2) is 0 Å². The summed E-state index contributed by atoms with van der Waals surface area (Å²) < 4.78 is 0. The third kappa shape index (κ3) is 6.45. The Morgan fingerprint density at radius 2 is 2.00 bits per heavy atom. The Bertz CT molecular complexity index is 338. The lowest BCUT2D eigenvalue weighted by Crippen LogP contribution is -2.13. The van der Waals surface area contributed by atoms with Gasteiger partial charge in [-0.1, -0.05) is 39.0 Å². The fraction of sp³-hybridized carbons (Fsp3) is 0.643. The number of hydrogen-bond acceptors (Lipinski definition) is 3. The second-order valence-corrected chi connectivity index (χ2v) is 5.35. The molecule has 0 aliphatic carbocycles. The van der Waals surface area contributed by atoms with E-state index in [1.165, 1.54) is 43.4 Å². The molecule has 0 unspecified atom stereocenters. The predicted molar refractivity (Wildman–Crippen MR) is 74.1 cm³/mol. The molecule has 1 N–H and O–H groups in total. The second kappa shape index (κ2) is 9.21. The highest BCUT2D eigenvalue weighted by Crippen LogP contribution is 2.13. The second-order valence-electron chi connectivity index (χ2n) is 4.36. The molecule has 3 heteroatoms. The quantitative estimate of drug-likeness (QED) is 0.671. The molecule has 17 heavy (non-hydrogen) atoms. The van der Waals surface area contributed by atoms with E-state index in [0.29, 0.717) is 0 Å². The van der Waals surface area contributed by atoms with Gasteiger partial charge in [0.05, 0.1) is 5.56 Å². The predicted octanol–water partition coefficient (Wildman–Crippen LogP) is 4.07. The zero-order valence-corrected chi connectivity index (χ0v) is 11.5. The molecule has 0 atom stereocenters. The molecule has 0 aromatic carbocycles. The van der Waals surface area contributed by atoms with Gasteiger partial charge in [0, 0.05) is 16.8 Å². The minimum absolute atomic E-state index is 0.784. The summed E-state index contributed by atoms with van der Waals surface area (Å²) >= 11 is 1.66. The van der Waals surface area contributed by atoms with Crippen LogP contribution in [0.3, 0.4) is 0 Å². The van der Waals surface area contributed by atoms with Crippen LogP contribution in [0.1, 0.15) is 55.9 Å². The van der Waals surface area contributed by atoms with Crippen molar-refractivity contribution in [2.75, 3.05) is 6.54 Å². The molecule has 1 aromatic heterocycles. The van der Waals surface area contributed by atoms with Crippen LogP contribution in [0.5, 0.6) is 0 Å². The van der Waals surface area contributed by atoms with E-state index in [4.69, 9.17) is 5.26 Å². The van der Waals surface area contributed by atoms with Crippen LogP contribution in [0.2, 0.25) is 0 Å². The summed E-state index contributed by atoms with van der Waals surface area (Å²) in [5, 5.41) is 14.0. The van der Waals surface area contributed by atoms with E-state index in [2.05, 4.69) is 18.3 Å². The maximum absolute atomic E-state index is 8.70. The van der Waals surface area contributed by atoms with E-state index in [1.807, 2.05) is 11.4 Å². The van der Waals surface area contributed by atoms with Gasteiger partial charge in [-0.05, 0) is 19.0 Å². The molecule has 1 rings (SSSR count). The maximum atomic E-state index is 8.70. The smallest absolute Gasteiger partial charge is 0.100 e. The van der Waals surface area contributed by atoms with Crippen molar-refractivity contribution in [2.24, 2.45) is 0 Å². The van der Waals surface area contributed by atoms with Crippen LogP contribution in [0.25, 0.3) is 0 Å². The highest BCUT2D eigenvalue weighted by Gasteiger charge is 1.98. The number of unbranched alkanes of at least 4 members (excludes halogenated alkanes) is 5. The molecular formula is C14H22N2S. The van der Waals surface area contributed by atoms with Gasteiger partial charge < -0.3 is 5.32 Å². The standard InChI is InChI=1S/C14H22N2S/c1-2-3-4-5-6-7-8-16-11-14-9-13(10-15)12-17-14/h9,12,16H,2-8,11H2,1H3. The highest BCUT2D eigenvalue weighted by atomic mass is 32.1. The molecule has 0 aliphatic heterocycles. The SMILES string of the molecule is CCCCCCCCNCc1cc(C#N)cs1. The monoisotopic (exact) mass is 250 g/mol. The molecule has 1 heterocycles. The van der Waals surface area contributed by atoms with Crippen LogP contribution in [0, 0.1) is 11.3 Å². The number of nitrogens with one attached hydrogen (secondary N) is 1. The van der Waals surface area contributed by atoms with Gasteiger partial charge in [0.25, 0.3) is 0 Å². The first-order valence-electron chi connectivity index (χ1n) is 6.55. The molecule has 0 saturated carbocycles. The lowest BCUT2D eigenvalue weighted by atomic mass is 10.1. The molecule has 1 aromatic rings. The van der Waals surface area contributed by atoms with Crippen molar-refractivity contribution in [1.29, 1.82) is 5.26 Å². The first kappa shape index (κ1) is 14.2. The van der Waals surface area contributed by atoms with Gasteiger partial charge in [-0.15, -0.1) is 11.3 Å². The number of thiophene rings is 1. The Balaban J connectivity index is 1.95. The molecule has 2 nitrogen and oxygen atoms in total. The van der Waals surface area contributed by atoms with Gasteiger partial charge in [-0.2, -0.15) is 5.26 Å². The van der Waals surface area contributed by atoms with E-state index in [9.17, 15) is 0 Å². The molecule has 0 fully saturated rings. The van der Waals surface area contributed by atoms with E-state index in [-0.39, 0.29) is 0 Å². The minimum atomic E-state index is 0.784. The number of nitriles is 1. The van der Waals surface area contributed by atoms with E-state index < -0.39 is 0 Å². The summed E-state index contributed by atoms with van der Waals surface area (Å²) in [4.78, 5) is 1.26. The summed E-state index contributed by atoms with van der Waals surface area (Å²) in [6, 6.07) is 4.13. The number of rotatable bonds is 9. The summed E-state index contributed by atoms with van der Waals surface area (Å²) in [6.07, 6.45) is 8.04. The lowest BCUT2D eigenvalue weighted by Gasteiger charge is -2.03. The van der Waals surface area contributed by atoms with Crippen molar-refractivity contribution in [3.63, 3.8) is 0 Å². The van der Waals surface area contributed by atoms with E-state index >= 15 is 0 Å².